The van der Waals surface area contributed by atoms with Gasteiger partial charge in [-0.05, 0) is 25.0 Å². The molecule has 0 saturated carbocycles. The Morgan fingerprint density at radius 2 is 2.14 bits per heavy atom. The van der Waals surface area contributed by atoms with Gasteiger partial charge in [0.2, 0.25) is 0 Å². The number of benzene rings is 1. The van der Waals surface area contributed by atoms with Crippen molar-refractivity contribution in [1.29, 1.82) is 0 Å². The van der Waals surface area contributed by atoms with Crippen molar-refractivity contribution >= 4 is 29.9 Å². The summed E-state index contributed by atoms with van der Waals surface area (Å²) >= 11 is 5.63. The van der Waals surface area contributed by atoms with E-state index in [0.29, 0.717) is 12.3 Å². The molecule has 0 spiro atoms. The molecule has 21 heavy (non-hydrogen) atoms. The van der Waals surface area contributed by atoms with E-state index in [0.717, 1.165) is 0 Å². The number of amides is 1. The summed E-state index contributed by atoms with van der Waals surface area (Å²) in [6, 6.07) is 3.93. The standard InChI is InChI=1S/C14H20ClFN2O2.ClH/c1-9(2)14(3,8-17)18-13(19)7-20-10-4-5-12(16)11(15)6-10;/h4-6,9H,7-8,17H2,1-3H3,(H,18,19);1H. The first-order chi connectivity index (χ1) is 9.28. The first kappa shape index (κ1) is 20.0. The number of rotatable bonds is 6. The topological polar surface area (TPSA) is 64.3 Å². The van der Waals surface area contributed by atoms with E-state index in [1.165, 1.54) is 18.2 Å². The molecule has 1 rings (SSSR count). The predicted octanol–water partition coefficient (Wildman–Crippen LogP) is 2.77. The summed E-state index contributed by atoms with van der Waals surface area (Å²) in [6.07, 6.45) is 0. The van der Waals surface area contributed by atoms with Crippen LogP contribution in [0.25, 0.3) is 0 Å². The number of hydrogen-bond donors (Lipinski definition) is 2. The second kappa shape index (κ2) is 8.41. The van der Waals surface area contributed by atoms with Crippen molar-refractivity contribution in [2.75, 3.05) is 13.2 Å². The summed E-state index contributed by atoms with van der Waals surface area (Å²) in [4.78, 5) is 11.8. The molecular weight excluding hydrogens is 318 g/mol. The highest BCUT2D eigenvalue weighted by molar-refractivity contribution is 6.30. The van der Waals surface area contributed by atoms with Crippen molar-refractivity contribution in [2.45, 2.75) is 26.3 Å². The van der Waals surface area contributed by atoms with Crippen LogP contribution in [0.4, 0.5) is 4.39 Å². The fourth-order valence-corrected chi connectivity index (χ4v) is 1.67. The lowest BCUT2D eigenvalue weighted by atomic mass is 9.88. The van der Waals surface area contributed by atoms with E-state index in [9.17, 15) is 9.18 Å². The Hall–Kier alpha value is -1.04. The van der Waals surface area contributed by atoms with Gasteiger partial charge >= 0.3 is 0 Å². The first-order valence-corrected chi connectivity index (χ1v) is 6.75. The Balaban J connectivity index is 0.00000400. The lowest BCUT2D eigenvalue weighted by Crippen LogP contribution is -2.56. The van der Waals surface area contributed by atoms with Gasteiger partial charge < -0.3 is 15.8 Å². The zero-order valence-electron chi connectivity index (χ0n) is 12.3. The smallest absolute Gasteiger partial charge is 0.258 e. The highest BCUT2D eigenvalue weighted by atomic mass is 35.5. The van der Waals surface area contributed by atoms with Gasteiger partial charge in [0.25, 0.3) is 5.91 Å². The Morgan fingerprint density at radius 3 is 2.62 bits per heavy atom. The minimum atomic E-state index is -0.529. The molecule has 120 valence electrons. The van der Waals surface area contributed by atoms with Gasteiger partial charge in [-0.3, -0.25) is 4.79 Å². The molecule has 7 heteroatoms. The van der Waals surface area contributed by atoms with Crippen LogP contribution in [0, 0.1) is 11.7 Å². The van der Waals surface area contributed by atoms with Crippen molar-refractivity contribution in [1.82, 2.24) is 5.32 Å². The van der Waals surface area contributed by atoms with Gasteiger partial charge in [-0.2, -0.15) is 0 Å². The van der Waals surface area contributed by atoms with Crippen molar-refractivity contribution in [2.24, 2.45) is 11.7 Å². The van der Waals surface area contributed by atoms with E-state index in [1.54, 1.807) is 0 Å². The molecule has 0 bridgehead atoms. The van der Waals surface area contributed by atoms with E-state index < -0.39 is 11.4 Å². The second-order valence-corrected chi connectivity index (χ2v) is 5.60. The maximum atomic E-state index is 13.0. The average Bonchev–Trinajstić information content (AvgIpc) is 2.39. The number of ether oxygens (including phenoxy) is 1. The summed E-state index contributed by atoms with van der Waals surface area (Å²) in [5.74, 6) is -0.284. The summed E-state index contributed by atoms with van der Waals surface area (Å²) in [7, 11) is 0. The predicted molar refractivity (Wildman–Crippen MR) is 84.6 cm³/mol. The minimum absolute atomic E-state index is 0. The van der Waals surface area contributed by atoms with Gasteiger partial charge in [-0.25, -0.2) is 4.39 Å². The van der Waals surface area contributed by atoms with Crippen molar-refractivity contribution < 1.29 is 13.9 Å². The summed E-state index contributed by atoms with van der Waals surface area (Å²) in [5.41, 5.74) is 5.20. The molecule has 0 aliphatic rings. The van der Waals surface area contributed by atoms with Crippen LogP contribution in [-0.2, 0) is 4.79 Å². The SMILES string of the molecule is CC(C)C(C)(CN)NC(=O)COc1ccc(F)c(Cl)c1.Cl. The quantitative estimate of drug-likeness (QED) is 0.838. The molecule has 1 aromatic carbocycles. The van der Waals surface area contributed by atoms with Gasteiger partial charge in [-0.15, -0.1) is 12.4 Å². The Bertz CT molecular complexity index is 486. The number of nitrogens with one attached hydrogen (secondary N) is 1. The number of carbonyl (C=O) groups excluding carboxylic acids is 1. The average molecular weight is 339 g/mol. The molecule has 1 amide bonds. The molecule has 0 aliphatic heterocycles. The summed E-state index contributed by atoms with van der Waals surface area (Å²) in [5, 5.41) is 2.80. The molecule has 3 N–H and O–H groups in total. The molecular formula is C14H21Cl2FN2O2. The van der Waals surface area contributed by atoms with Crippen LogP contribution in [0.2, 0.25) is 5.02 Å². The fourth-order valence-electron chi connectivity index (χ4n) is 1.50. The molecule has 1 aromatic rings. The molecule has 1 atom stereocenters. The van der Waals surface area contributed by atoms with Gasteiger partial charge in [0.1, 0.15) is 11.6 Å². The molecule has 0 fully saturated rings. The molecule has 0 radical (unpaired) electrons. The maximum absolute atomic E-state index is 13.0. The van der Waals surface area contributed by atoms with Crippen LogP contribution in [0.5, 0.6) is 5.75 Å². The Morgan fingerprint density at radius 1 is 1.52 bits per heavy atom. The van der Waals surface area contributed by atoms with Crippen LogP contribution < -0.4 is 15.8 Å². The van der Waals surface area contributed by atoms with E-state index >= 15 is 0 Å². The summed E-state index contributed by atoms with van der Waals surface area (Å²) < 4.78 is 18.2. The van der Waals surface area contributed by atoms with Crippen LogP contribution in [-0.4, -0.2) is 24.6 Å². The monoisotopic (exact) mass is 338 g/mol. The third kappa shape index (κ3) is 5.69. The van der Waals surface area contributed by atoms with Gasteiger partial charge in [-0.1, -0.05) is 25.4 Å². The van der Waals surface area contributed by atoms with Crippen LogP contribution in [0.15, 0.2) is 18.2 Å². The molecule has 0 heterocycles. The second-order valence-electron chi connectivity index (χ2n) is 5.19. The van der Waals surface area contributed by atoms with E-state index in [2.05, 4.69) is 5.32 Å². The van der Waals surface area contributed by atoms with Crippen molar-refractivity contribution in [3.8, 4) is 5.75 Å². The largest absolute Gasteiger partial charge is 0.484 e. The Kier molecular flexibility index (Phi) is 8.00. The maximum Gasteiger partial charge on any atom is 0.258 e. The molecule has 0 saturated heterocycles. The van der Waals surface area contributed by atoms with Crippen LogP contribution >= 0.6 is 24.0 Å². The van der Waals surface area contributed by atoms with Gasteiger partial charge in [0, 0.05) is 12.6 Å². The van der Waals surface area contributed by atoms with E-state index in [1.807, 2.05) is 20.8 Å². The van der Waals surface area contributed by atoms with Gasteiger partial charge in [0.15, 0.2) is 6.61 Å². The van der Waals surface area contributed by atoms with Crippen LogP contribution in [0.1, 0.15) is 20.8 Å². The highest BCUT2D eigenvalue weighted by Crippen LogP contribution is 2.21. The highest BCUT2D eigenvalue weighted by Gasteiger charge is 2.28. The lowest BCUT2D eigenvalue weighted by molar-refractivity contribution is -0.125. The van der Waals surface area contributed by atoms with Crippen LogP contribution in [0.3, 0.4) is 0 Å². The van der Waals surface area contributed by atoms with E-state index in [-0.39, 0.29) is 35.9 Å². The van der Waals surface area contributed by atoms with Gasteiger partial charge in [0.05, 0.1) is 10.6 Å². The molecule has 4 nitrogen and oxygen atoms in total. The number of nitrogens with two attached hydrogens (primary N) is 1. The third-order valence-corrected chi connectivity index (χ3v) is 3.67. The zero-order valence-corrected chi connectivity index (χ0v) is 13.9. The first-order valence-electron chi connectivity index (χ1n) is 6.37. The molecule has 1 unspecified atom stereocenters. The molecule has 0 aromatic heterocycles. The van der Waals surface area contributed by atoms with E-state index in [4.69, 9.17) is 22.1 Å². The van der Waals surface area contributed by atoms with Crippen molar-refractivity contribution in [3.05, 3.63) is 29.0 Å². The normalized spacial score (nSPS) is 13.3. The number of halogens is 3. The van der Waals surface area contributed by atoms with Crippen molar-refractivity contribution in [3.63, 3.8) is 0 Å². The Labute approximate surface area is 135 Å². The molecule has 0 aliphatic carbocycles. The fraction of sp³-hybridized carbons (Fsp3) is 0.500. The number of hydrogen-bond acceptors (Lipinski definition) is 3. The zero-order chi connectivity index (χ0) is 15.3. The number of carbonyl (C=O) groups is 1. The third-order valence-electron chi connectivity index (χ3n) is 3.38. The lowest BCUT2D eigenvalue weighted by Gasteiger charge is -2.33. The summed E-state index contributed by atoms with van der Waals surface area (Å²) in [6.45, 7) is 5.99. The minimum Gasteiger partial charge on any atom is -0.484 e.